The van der Waals surface area contributed by atoms with Crippen LogP contribution in [0, 0.1) is 0 Å². The molecule has 2 aromatic carbocycles. The van der Waals surface area contributed by atoms with Crippen molar-refractivity contribution in [2.24, 2.45) is 0 Å². The highest BCUT2D eigenvalue weighted by atomic mass is 16.7. The molecule has 6 heteroatoms. The molecule has 0 aliphatic rings. The van der Waals surface area contributed by atoms with Crippen molar-refractivity contribution in [3.63, 3.8) is 0 Å². The predicted molar refractivity (Wildman–Crippen MR) is 95.7 cm³/mol. The van der Waals surface area contributed by atoms with Crippen molar-refractivity contribution in [1.29, 1.82) is 0 Å². The fourth-order valence-corrected chi connectivity index (χ4v) is 2.33. The summed E-state index contributed by atoms with van der Waals surface area (Å²) in [5.41, 5.74) is 2.11. The molecule has 0 N–H and O–H groups in total. The number of benzene rings is 2. The maximum atomic E-state index is 11.3. The van der Waals surface area contributed by atoms with Crippen LogP contribution in [0.5, 0.6) is 11.5 Å². The highest BCUT2D eigenvalue weighted by molar-refractivity contribution is 5.64. The van der Waals surface area contributed by atoms with Crippen LogP contribution >= 0.6 is 0 Å². The molecule has 0 atom stereocenters. The molecule has 0 amide bonds. The van der Waals surface area contributed by atoms with Crippen LogP contribution in [0.1, 0.15) is 37.8 Å². The van der Waals surface area contributed by atoms with Crippen molar-refractivity contribution < 1.29 is 28.5 Å². The van der Waals surface area contributed by atoms with Gasteiger partial charge in [-0.3, -0.25) is 0 Å². The second kappa shape index (κ2) is 9.46. The third-order valence-corrected chi connectivity index (χ3v) is 3.69. The Morgan fingerprint density at radius 3 is 1.38 bits per heavy atom. The first kappa shape index (κ1) is 19.3. The van der Waals surface area contributed by atoms with Crippen molar-refractivity contribution in [1.82, 2.24) is 0 Å². The maximum Gasteiger partial charge on any atom is 0.513 e. The fourth-order valence-electron chi connectivity index (χ4n) is 2.33. The topological polar surface area (TPSA) is 71.1 Å². The first-order valence-electron chi connectivity index (χ1n) is 8.42. The largest absolute Gasteiger partial charge is 0.513 e. The zero-order chi connectivity index (χ0) is 18.9. The van der Waals surface area contributed by atoms with Gasteiger partial charge in [0, 0.05) is 5.92 Å². The van der Waals surface area contributed by atoms with E-state index in [0.29, 0.717) is 11.5 Å². The highest BCUT2D eigenvalue weighted by Crippen LogP contribution is 2.27. The van der Waals surface area contributed by atoms with Crippen LogP contribution < -0.4 is 9.47 Å². The first-order chi connectivity index (χ1) is 12.5. The van der Waals surface area contributed by atoms with E-state index in [-0.39, 0.29) is 19.1 Å². The van der Waals surface area contributed by atoms with Gasteiger partial charge >= 0.3 is 12.3 Å². The van der Waals surface area contributed by atoms with Gasteiger partial charge in [0.15, 0.2) is 0 Å². The van der Waals surface area contributed by atoms with Gasteiger partial charge < -0.3 is 18.9 Å². The molecular formula is C20H22O6. The quantitative estimate of drug-likeness (QED) is 0.540. The SMILES string of the molecule is CCOC(=O)Oc1ccc(C(C)c2ccc(OC(=O)OCC)cc2)cc1. The van der Waals surface area contributed by atoms with Crippen molar-refractivity contribution in [2.45, 2.75) is 26.7 Å². The Morgan fingerprint density at radius 1 is 0.731 bits per heavy atom. The minimum absolute atomic E-state index is 0.114. The van der Waals surface area contributed by atoms with E-state index in [4.69, 9.17) is 18.9 Å². The van der Waals surface area contributed by atoms with E-state index in [1.807, 2.05) is 24.3 Å². The van der Waals surface area contributed by atoms with E-state index < -0.39 is 12.3 Å². The third kappa shape index (κ3) is 5.51. The van der Waals surface area contributed by atoms with E-state index in [9.17, 15) is 9.59 Å². The molecule has 138 valence electrons. The van der Waals surface area contributed by atoms with Gasteiger partial charge in [-0.05, 0) is 49.2 Å². The van der Waals surface area contributed by atoms with Crippen molar-refractivity contribution in [3.05, 3.63) is 59.7 Å². The molecule has 0 aromatic heterocycles. The Labute approximate surface area is 152 Å². The van der Waals surface area contributed by atoms with E-state index in [1.165, 1.54) is 0 Å². The minimum Gasteiger partial charge on any atom is -0.434 e. The summed E-state index contributed by atoms with van der Waals surface area (Å²) in [6.45, 7) is 6.03. The molecule has 0 aliphatic heterocycles. The van der Waals surface area contributed by atoms with Gasteiger partial charge in [-0.1, -0.05) is 31.2 Å². The molecule has 0 bridgehead atoms. The average molecular weight is 358 g/mol. The average Bonchev–Trinajstić information content (AvgIpc) is 2.63. The molecule has 0 saturated carbocycles. The van der Waals surface area contributed by atoms with Gasteiger partial charge in [0.05, 0.1) is 13.2 Å². The molecule has 6 nitrogen and oxygen atoms in total. The van der Waals surface area contributed by atoms with Gasteiger partial charge in [0.25, 0.3) is 0 Å². The van der Waals surface area contributed by atoms with Gasteiger partial charge in [0.2, 0.25) is 0 Å². The van der Waals surface area contributed by atoms with Crippen molar-refractivity contribution >= 4 is 12.3 Å². The summed E-state index contributed by atoms with van der Waals surface area (Å²) in [6, 6.07) is 14.5. The summed E-state index contributed by atoms with van der Waals surface area (Å²) < 4.78 is 19.6. The molecule has 2 rings (SSSR count). The van der Waals surface area contributed by atoms with E-state index in [2.05, 4.69) is 6.92 Å². The molecule has 0 saturated heterocycles. The lowest BCUT2D eigenvalue weighted by atomic mass is 9.93. The standard InChI is InChI=1S/C20H22O6/c1-4-23-19(21)25-17-10-6-15(7-11-17)14(3)16-8-12-18(13-9-16)26-20(22)24-5-2/h6-14H,4-5H2,1-3H3. The number of rotatable bonds is 6. The van der Waals surface area contributed by atoms with Gasteiger partial charge in [0.1, 0.15) is 11.5 Å². The second-order valence-electron chi connectivity index (χ2n) is 5.43. The van der Waals surface area contributed by atoms with Gasteiger partial charge in [-0.25, -0.2) is 9.59 Å². The van der Waals surface area contributed by atoms with Crippen molar-refractivity contribution in [2.75, 3.05) is 13.2 Å². The molecular weight excluding hydrogens is 336 g/mol. The zero-order valence-corrected chi connectivity index (χ0v) is 15.1. The van der Waals surface area contributed by atoms with Crippen LogP contribution in [0.3, 0.4) is 0 Å². The first-order valence-corrected chi connectivity index (χ1v) is 8.42. The summed E-state index contributed by atoms with van der Waals surface area (Å²) >= 11 is 0. The molecule has 0 heterocycles. The Hall–Kier alpha value is -3.02. The normalized spacial score (nSPS) is 10.3. The number of ether oxygens (including phenoxy) is 4. The molecule has 0 aliphatic carbocycles. The van der Waals surface area contributed by atoms with E-state index in [0.717, 1.165) is 11.1 Å². The molecule has 0 radical (unpaired) electrons. The summed E-state index contributed by atoms with van der Waals surface area (Å²) in [5, 5.41) is 0. The number of carbonyl (C=O) groups excluding carboxylic acids is 2. The van der Waals surface area contributed by atoms with Crippen LogP contribution in [0.15, 0.2) is 48.5 Å². The van der Waals surface area contributed by atoms with Crippen LogP contribution in [0.25, 0.3) is 0 Å². The van der Waals surface area contributed by atoms with E-state index in [1.54, 1.807) is 38.1 Å². The Balaban J connectivity index is 2.00. The summed E-state index contributed by atoms with van der Waals surface area (Å²) in [6.07, 6.45) is -1.43. The Morgan fingerprint density at radius 2 is 1.08 bits per heavy atom. The number of carbonyl (C=O) groups is 2. The van der Waals surface area contributed by atoms with Crippen LogP contribution in [0.4, 0.5) is 9.59 Å². The number of hydrogen-bond donors (Lipinski definition) is 0. The predicted octanol–water partition coefficient (Wildman–Crippen LogP) is 4.91. The summed E-state index contributed by atoms with van der Waals surface area (Å²) in [7, 11) is 0. The molecule has 26 heavy (non-hydrogen) atoms. The second-order valence-corrected chi connectivity index (χ2v) is 5.43. The fraction of sp³-hybridized carbons (Fsp3) is 0.300. The smallest absolute Gasteiger partial charge is 0.434 e. The van der Waals surface area contributed by atoms with Gasteiger partial charge in [-0.15, -0.1) is 0 Å². The third-order valence-electron chi connectivity index (χ3n) is 3.69. The van der Waals surface area contributed by atoms with Crippen LogP contribution in [-0.2, 0) is 9.47 Å². The molecule has 0 fully saturated rings. The summed E-state index contributed by atoms with van der Waals surface area (Å²) in [4.78, 5) is 22.6. The Kier molecular flexibility index (Phi) is 7.02. The minimum atomic E-state index is -0.717. The molecule has 0 spiro atoms. The van der Waals surface area contributed by atoms with Crippen LogP contribution in [0.2, 0.25) is 0 Å². The number of hydrogen-bond acceptors (Lipinski definition) is 6. The van der Waals surface area contributed by atoms with E-state index >= 15 is 0 Å². The lowest BCUT2D eigenvalue weighted by molar-refractivity contribution is 0.103. The summed E-state index contributed by atoms with van der Waals surface area (Å²) in [5.74, 6) is 0.971. The van der Waals surface area contributed by atoms with Crippen molar-refractivity contribution in [3.8, 4) is 11.5 Å². The lowest BCUT2D eigenvalue weighted by Gasteiger charge is -2.14. The maximum absolute atomic E-state index is 11.3. The highest BCUT2D eigenvalue weighted by Gasteiger charge is 2.11. The monoisotopic (exact) mass is 358 g/mol. The van der Waals surface area contributed by atoms with Crippen LogP contribution in [-0.4, -0.2) is 25.5 Å². The molecule has 2 aromatic rings. The lowest BCUT2D eigenvalue weighted by Crippen LogP contribution is -2.10. The van der Waals surface area contributed by atoms with Gasteiger partial charge in [-0.2, -0.15) is 0 Å². The zero-order valence-electron chi connectivity index (χ0n) is 15.1. The molecule has 0 unspecified atom stereocenters. The Bertz CT molecular complexity index is 657.